The van der Waals surface area contributed by atoms with Crippen LogP contribution in [0, 0.1) is 0 Å². The van der Waals surface area contributed by atoms with E-state index in [-0.39, 0.29) is 5.56 Å². The number of hydrogen-bond acceptors (Lipinski definition) is 4. The van der Waals surface area contributed by atoms with Crippen LogP contribution in [0.15, 0.2) is 96.4 Å². The maximum atomic E-state index is 13.3. The average molecular weight is 453 g/mol. The van der Waals surface area contributed by atoms with Crippen molar-refractivity contribution in [3.05, 3.63) is 113 Å². The third-order valence-electron chi connectivity index (χ3n) is 5.67. The predicted octanol–water partition coefficient (Wildman–Crippen LogP) is 4.57. The fourth-order valence-electron chi connectivity index (χ4n) is 4.07. The third-order valence-corrected chi connectivity index (χ3v) is 5.99. The van der Waals surface area contributed by atoms with Crippen LogP contribution in [0.1, 0.15) is 5.56 Å². The molecule has 0 amide bonds. The molecule has 0 radical (unpaired) electrons. The second kappa shape index (κ2) is 7.72. The molecule has 33 heavy (non-hydrogen) atoms. The van der Waals surface area contributed by atoms with Crippen molar-refractivity contribution in [2.75, 3.05) is 0 Å². The Morgan fingerprint density at radius 3 is 2.58 bits per heavy atom. The lowest BCUT2D eigenvalue weighted by Crippen LogP contribution is -2.15. The van der Waals surface area contributed by atoms with Gasteiger partial charge >= 0.3 is 0 Å². The molecular formula is C25H17ClN6O. The van der Waals surface area contributed by atoms with E-state index in [0.717, 1.165) is 22.2 Å². The molecule has 0 unspecified atom stereocenters. The van der Waals surface area contributed by atoms with Crippen molar-refractivity contribution in [3.63, 3.8) is 0 Å². The number of halogens is 1. The predicted molar refractivity (Wildman–Crippen MR) is 127 cm³/mol. The molecule has 0 fully saturated rings. The molecule has 2 aliphatic rings. The Morgan fingerprint density at radius 2 is 1.79 bits per heavy atom. The largest absolute Gasteiger partial charge is 0.342 e. The maximum absolute atomic E-state index is 13.3. The van der Waals surface area contributed by atoms with Crippen LogP contribution < -0.4 is 5.56 Å². The number of pyridine rings is 2. The van der Waals surface area contributed by atoms with Crippen LogP contribution in [-0.4, -0.2) is 29.1 Å². The van der Waals surface area contributed by atoms with Gasteiger partial charge in [0, 0.05) is 36.7 Å². The van der Waals surface area contributed by atoms with Crippen LogP contribution in [0.4, 0.5) is 0 Å². The van der Waals surface area contributed by atoms with E-state index < -0.39 is 0 Å². The number of benzene rings is 2. The van der Waals surface area contributed by atoms with Crippen molar-refractivity contribution < 1.29 is 0 Å². The Bertz CT molecular complexity index is 1620. The second-order valence-electron chi connectivity index (χ2n) is 7.70. The summed E-state index contributed by atoms with van der Waals surface area (Å²) in [5.41, 5.74) is 4.49. The first-order chi connectivity index (χ1) is 16.2. The van der Waals surface area contributed by atoms with Crippen molar-refractivity contribution in [1.29, 1.82) is 0 Å². The van der Waals surface area contributed by atoms with E-state index in [2.05, 4.69) is 31.9 Å². The molecule has 0 saturated heterocycles. The van der Waals surface area contributed by atoms with Gasteiger partial charge in [-0.3, -0.25) is 9.78 Å². The van der Waals surface area contributed by atoms with Gasteiger partial charge in [-0.25, -0.2) is 4.68 Å². The molecule has 2 aromatic heterocycles. The minimum absolute atomic E-state index is 0.228. The summed E-state index contributed by atoms with van der Waals surface area (Å²) in [5.74, 6) is 0. The molecule has 0 saturated carbocycles. The number of nitrogens with zero attached hydrogens (tertiary/aromatic N) is 6. The molecular weight excluding hydrogens is 436 g/mol. The number of rotatable bonds is 4. The van der Waals surface area contributed by atoms with Crippen LogP contribution in [0.5, 0.6) is 0 Å². The molecule has 0 aliphatic carbocycles. The quantitative estimate of drug-likeness (QED) is 0.392. The van der Waals surface area contributed by atoms with Gasteiger partial charge in [-0.05, 0) is 35.9 Å². The van der Waals surface area contributed by atoms with Gasteiger partial charge in [0.05, 0.1) is 28.0 Å². The molecule has 4 aromatic rings. The molecule has 8 heteroatoms. The summed E-state index contributed by atoms with van der Waals surface area (Å²) >= 11 is 6.31. The fourth-order valence-corrected chi connectivity index (χ4v) is 4.26. The summed E-state index contributed by atoms with van der Waals surface area (Å²) in [7, 11) is 0. The van der Waals surface area contributed by atoms with Crippen molar-refractivity contribution in [2.45, 2.75) is 6.54 Å². The molecule has 2 aliphatic heterocycles. The zero-order valence-electron chi connectivity index (χ0n) is 17.3. The normalized spacial score (nSPS) is 11.4. The highest BCUT2D eigenvalue weighted by molar-refractivity contribution is 6.32. The summed E-state index contributed by atoms with van der Waals surface area (Å²) < 4.78 is 5.23. The van der Waals surface area contributed by atoms with Crippen LogP contribution in [0.2, 0.25) is 5.02 Å². The van der Waals surface area contributed by atoms with E-state index >= 15 is 0 Å². The zero-order valence-corrected chi connectivity index (χ0v) is 18.1. The van der Waals surface area contributed by atoms with Gasteiger partial charge in [0.15, 0.2) is 0 Å². The second-order valence-corrected chi connectivity index (χ2v) is 8.10. The van der Waals surface area contributed by atoms with Gasteiger partial charge in [-0.1, -0.05) is 41.9 Å². The summed E-state index contributed by atoms with van der Waals surface area (Å²) in [5, 5.41) is 10.2. The highest BCUT2D eigenvalue weighted by atomic mass is 35.5. The highest BCUT2D eigenvalue weighted by Gasteiger charge is 2.21. The minimum atomic E-state index is -0.228. The molecule has 6 rings (SSSR count). The van der Waals surface area contributed by atoms with Crippen molar-refractivity contribution in [3.8, 4) is 22.6 Å². The molecule has 0 N–H and O–H groups in total. The smallest absolute Gasteiger partial charge is 0.282 e. The summed E-state index contributed by atoms with van der Waals surface area (Å²) in [6.45, 7) is 0.605. The Labute approximate surface area is 193 Å². The van der Waals surface area contributed by atoms with E-state index in [4.69, 9.17) is 11.6 Å². The van der Waals surface area contributed by atoms with Gasteiger partial charge in [-0.15, -0.1) is 0 Å². The first kappa shape index (κ1) is 19.5. The van der Waals surface area contributed by atoms with E-state index in [1.807, 2.05) is 59.5 Å². The molecule has 2 aromatic carbocycles. The number of fused-ring (bicyclic) bond motifs is 3. The third kappa shape index (κ3) is 3.30. The summed E-state index contributed by atoms with van der Waals surface area (Å²) in [6, 6.07) is 19.7. The highest BCUT2D eigenvalue weighted by Crippen LogP contribution is 2.29. The number of hydrogen-bond donors (Lipinski definition) is 0. The van der Waals surface area contributed by atoms with E-state index in [1.54, 1.807) is 24.7 Å². The Hall–Kier alpha value is -4.23. The van der Waals surface area contributed by atoms with Gasteiger partial charge in [-0.2, -0.15) is 14.9 Å². The first-order valence-electron chi connectivity index (χ1n) is 10.4. The lowest BCUT2D eigenvalue weighted by Gasteiger charge is -2.14. The summed E-state index contributed by atoms with van der Waals surface area (Å²) in [4.78, 5) is 17.4. The van der Waals surface area contributed by atoms with Gasteiger partial charge < -0.3 is 4.57 Å². The first-order valence-corrected chi connectivity index (χ1v) is 10.8. The molecule has 160 valence electrons. The van der Waals surface area contributed by atoms with Gasteiger partial charge in [0.2, 0.25) is 0 Å². The van der Waals surface area contributed by atoms with E-state index in [9.17, 15) is 4.79 Å². The van der Waals surface area contributed by atoms with Crippen LogP contribution in [0.25, 0.3) is 33.5 Å². The topological polar surface area (TPSA) is 70.5 Å². The molecule has 7 nitrogen and oxygen atoms in total. The lowest BCUT2D eigenvalue weighted by molar-refractivity contribution is 0.824. The van der Waals surface area contributed by atoms with Crippen LogP contribution in [-0.2, 0) is 6.54 Å². The van der Waals surface area contributed by atoms with Crippen molar-refractivity contribution in [1.82, 2.24) is 29.1 Å². The maximum Gasteiger partial charge on any atom is 0.282 e. The average Bonchev–Trinajstić information content (AvgIpc) is 3.49. The molecule has 0 spiro atoms. The molecule has 4 heterocycles. The SMILES string of the molecule is O=c1c2cn(Cc3ccc(-n4cccn4)cc3)c3ccccc3c-2nn1-c1cnccc1Cl. The monoisotopic (exact) mass is 452 g/mol. The molecule has 0 bridgehead atoms. The Kier molecular flexibility index (Phi) is 4.55. The van der Waals surface area contributed by atoms with Crippen molar-refractivity contribution in [2.24, 2.45) is 0 Å². The van der Waals surface area contributed by atoms with Crippen LogP contribution >= 0.6 is 11.6 Å². The summed E-state index contributed by atoms with van der Waals surface area (Å²) in [6.07, 6.45) is 8.67. The number of para-hydroxylation sites is 1. The minimum Gasteiger partial charge on any atom is -0.342 e. The van der Waals surface area contributed by atoms with E-state index in [0.29, 0.717) is 28.5 Å². The van der Waals surface area contributed by atoms with E-state index in [1.165, 1.54) is 4.68 Å². The molecule has 0 atom stereocenters. The number of aromatic nitrogens is 6. The Balaban J connectivity index is 1.48. The van der Waals surface area contributed by atoms with Gasteiger partial charge in [0.1, 0.15) is 11.4 Å². The zero-order chi connectivity index (χ0) is 22.4. The Morgan fingerprint density at radius 1 is 0.939 bits per heavy atom. The lowest BCUT2D eigenvalue weighted by atomic mass is 10.1. The van der Waals surface area contributed by atoms with Gasteiger partial charge in [0.25, 0.3) is 5.56 Å². The standard InChI is InChI=1S/C25H17ClN6O/c26-21-10-12-27-14-23(21)32-25(33)20-16-30(22-5-2-1-4-19(22)24(20)29-32)15-17-6-8-18(9-7-17)31-13-3-11-28-31/h1-14,16H,15H2. The van der Waals surface area contributed by atoms with Crippen LogP contribution in [0.3, 0.4) is 0 Å². The van der Waals surface area contributed by atoms with Crippen molar-refractivity contribution >= 4 is 22.5 Å². The fraction of sp³-hybridized carbons (Fsp3) is 0.0400.